The Bertz CT molecular complexity index is 601. The topological polar surface area (TPSA) is 180 Å². The minimum atomic E-state index is -1.18. The number of carboxylic acids is 1. The monoisotopic (exact) mass is 508 g/mol. The van der Waals surface area contributed by atoms with Crippen molar-refractivity contribution in [2.45, 2.75) is 69.1 Å². The fourth-order valence-electron chi connectivity index (χ4n) is 3.08. The van der Waals surface area contributed by atoms with Gasteiger partial charge >= 0.3 is 5.97 Å². The van der Waals surface area contributed by atoms with E-state index in [1.54, 1.807) is 0 Å². The van der Waals surface area contributed by atoms with Gasteiger partial charge in [0, 0.05) is 12.8 Å². The number of likely N-dealkylation sites (N-methyl/N-ethyl adjacent to an activating group) is 1. The molecule has 0 aromatic heterocycles. The average Bonchev–Trinajstić information content (AvgIpc) is 2.79. The number of nitrogens with zero attached hydrogens (tertiary/aromatic N) is 1. The molecule has 0 aromatic carbocycles. The Hall–Kier alpha value is -1.38. The Morgan fingerprint density at radius 3 is 2.06 bits per heavy atom. The Morgan fingerprint density at radius 1 is 0.970 bits per heavy atom. The molecule has 192 valence electrons. The highest BCUT2D eigenvalue weighted by Crippen LogP contribution is 2.08. The molecular formula is C20H40N6O5S2. The molecule has 8 N–H and O–H groups in total. The van der Waals surface area contributed by atoms with Crippen molar-refractivity contribution in [3.8, 4) is 0 Å². The van der Waals surface area contributed by atoms with E-state index in [4.69, 9.17) is 11.5 Å². The number of rotatable bonds is 20. The number of amides is 2. The molecule has 0 heterocycles. The van der Waals surface area contributed by atoms with Crippen molar-refractivity contribution in [1.82, 2.24) is 21.1 Å². The van der Waals surface area contributed by atoms with E-state index in [-0.39, 0.29) is 12.2 Å². The van der Waals surface area contributed by atoms with E-state index in [9.17, 15) is 24.3 Å². The van der Waals surface area contributed by atoms with Crippen molar-refractivity contribution < 1.29 is 24.3 Å². The van der Waals surface area contributed by atoms with Crippen molar-refractivity contribution in [3.63, 3.8) is 0 Å². The Labute approximate surface area is 206 Å². The van der Waals surface area contributed by atoms with Gasteiger partial charge in [-0.3, -0.25) is 9.59 Å². The lowest BCUT2D eigenvalue weighted by atomic mass is 10.1. The zero-order valence-electron chi connectivity index (χ0n) is 19.2. The molecule has 11 nitrogen and oxygen atoms in total. The SMILES string of the molecule is CN(C(=O)C(CCS)NC(=O)[C@H](CCCCN)NN[C@H](C=O)CCCCN)C(CS)C(=O)O. The Morgan fingerprint density at radius 2 is 1.58 bits per heavy atom. The number of hydrogen-bond donors (Lipinski definition) is 8. The summed E-state index contributed by atoms with van der Waals surface area (Å²) in [5.41, 5.74) is 16.8. The van der Waals surface area contributed by atoms with Gasteiger partial charge in [-0.1, -0.05) is 12.8 Å². The van der Waals surface area contributed by atoms with Gasteiger partial charge < -0.3 is 31.6 Å². The quantitative estimate of drug-likeness (QED) is 0.0439. The molecule has 0 radical (unpaired) electrons. The molecule has 0 bridgehead atoms. The molecule has 0 aliphatic rings. The minimum Gasteiger partial charge on any atom is -0.480 e. The van der Waals surface area contributed by atoms with Crippen LogP contribution in [0.25, 0.3) is 0 Å². The molecule has 0 aliphatic carbocycles. The first kappa shape index (κ1) is 31.6. The summed E-state index contributed by atoms with van der Waals surface area (Å²) in [6.07, 6.45) is 4.90. The number of unbranched alkanes of at least 4 members (excludes halogenated alkanes) is 2. The fraction of sp³-hybridized carbons (Fsp3) is 0.800. The maximum Gasteiger partial charge on any atom is 0.327 e. The maximum absolute atomic E-state index is 13.0. The van der Waals surface area contributed by atoms with Crippen LogP contribution in [0.2, 0.25) is 0 Å². The van der Waals surface area contributed by atoms with Gasteiger partial charge in [-0.15, -0.1) is 0 Å². The second-order valence-electron chi connectivity index (χ2n) is 7.71. The number of hydrazine groups is 1. The first-order chi connectivity index (χ1) is 15.8. The number of nitrogens with two attached hydrogens (primary N) is 2. The molecule has 0 rings (SSSR count). The lowest BCUT2D eigenvalue weighted by Crippen LogP contribution is -2.58. The van der Waals surface area contributed by atoms with E-state index in [1.807, 2.05) is 0 Å². The van der Waals surface area contributed by atoms with E-state index in [0.717, 1.165) is 24.0 Å². The molecule has 4 atom stereocenters. The minimum absolute atomic E-state index is 0.0659. The van der Waals surface area contributed by atoms with Gasteiger partial charge in [0.15, 0.2) is 0 Å². The number of carbonyl (C=O) groups excluding carboxylic acids is 3. The number of carboxylic acid groups (broad SMARTS) is 1. The zero-order chi connectivity index (χ0) is 25.2. The Kier molecular flexibility index (Phi) is 18.2. The van der Waals surface area contributed by atoms with Crippen LogP contribution >= 0.6 is 25.3 Å². The molecule has 0 aromatic rings. The summed E-state index contributed by atoms with van der Waals surface area (Å²) < 4.78 is 0. The van der Waals surface area contributed by atoms with E-state index >= 15 is 0 Å². The van der Waals surface area contributed by atoms with Crippen LogP contribution in [0.3, 0.4) is 0 Å². The van der Waals surface area contributed by atoms with Gasteiger partial charge in [-0.2, -0.15) is 25.3 Å². The van der Waals surface area contributed by atoms with Gasteiger partial charge in [0.05, 0.1) is 12.1 Å². The van der Waals surface area contributed by atoms with Crippen molar-refractivity contribution in [2.75, 3.05) is 31.6 Å². The summed E-state index contributed by atoms with van der Waals surface area (Å²) in [7, 11) is 1.36. The largest absolute Gasteiger partial charge is 0.480 e. The van der Waals surface area contributed by atoms with Crippen LogP contribution in [0.15, 0.2) is 0 Å². The first-order valence-electron chi connectivity index (χ1n) is 11.1. The van der Waals surface area contributed by atoms with Crippen LogP contribution in [0, 0.1) is 0 Å². The van der Waals surface area contributed by atoms with Gasteiger partial charge in [-0.05, 0) is 50.9 Å². The highest BCUT2D eigenvalue weighted by Gasteiger charge is 2.32. The summed E-state index contributed by atoms with van der Waals surface area (Å²) in [6, 6.07) is -3.29. The maximum atomic E-state index is 13.0. The van der Waals surface area contributed by atoms with Gasteiger partial charge in [0.1, 0.15) is 18.4 Å². The van der Waals surface area contributed by atoms with Gasteiger partial charge in [0.2, 0.25) is 11.8 Å². The lowest BCUT2D eigenvalue weighted by Gasteiger charge is -2.29. The lowest BCUT2D eigenvalue weighted by molar-refractivity contribution is -0.149. The van der Waals surface area contributed by atoms with Gasteiger partial charge in [-0.25, -0.2) is 15.6 Å². The number of carbonyl (C=O) groups is 4. The molecule has 0 fully saturated rings. The fourth-order valence-corrected chi connectivity index (χ4v) is 3.74. The van der Waals surface area contributed by atoms with E-state index < -0.39 is 42.0 Å². The van der Waals surface area contributed by atoms with E-state index in [2.05, 4.69) is 41.4 Å². The Balaban J connectivity index is 5.28. The number of hydrogen-bond acceptors (Lipinski definition) is 10. The first-order valence-corrected chi connectivity index (χ1v) is 12.4. The molecule has 0 spiro atoms. The highest BCUT2D eigenvalue weighted by atomic mass is 32.1. The average molecular weight is 509 g/mol. The van der Waals surface area contributed by atoms with Crippen molar-refractivity contribution in [3.05, 3.63) is 0 Å². The molecule has 0 saturated carbocycles. The molecule has 0 aliphatic heterocycles. The van der Waals surface area contributed by atoms with Crippen LogP contribution in [0.1, 0.15) is 44.9 Å². The predicted molar refractivity (Wildman–Crippen MR) is 134 cm³/mol. The second kappa shape index (κ2) is 19.0. The molecule has 33 heavy (non-hydrogen) atoms. The number of thiol groups is 2. The van der Waals surface area contributed by atoms with E-state index in [1.165, 1.54) is 7.05 Å². The van der Waals surface area contributed by atoms with Crippen LogP contribution in [-0.2, 0) is 19.2 Å². The van der Waals surface area contributed by atoms with Gasteiger partial charge in [0.25, 0.3) is 0 Å². The molecule has 13 heteroatoms. The third-order valence-corrected chi connectivity index (χ3v) is 5.75. The van der Waals surface area contributed by atoms with Crippen LogP contribution in [0.4, 0.5) is 0 Å². The smallest absolute Gasteiger partial charge is 0.327 e. The third kappa shape index (κ3) is 12.6. The third-order valence-electron chi connectivity index (χ3n) is 5.15. The molecule has 0 saturated heterocycles. The summed E-state index contributed by atoms with van der Waals surface area (Å²) in [4.78, 5) is 49.7. The summed E-state index contributed by atoms with van der Waals surface area (Å²) in [6.45, 7) is 1.01. The zero-order valence-corrected chi connectivity index (χ0v) is 21.0. The number of nitrogens with one attached hydrogen (secondary N) is 3. The molecule has 2 amide bonds. The van der Waals surface area contributed by atoms with Crippen LogP contribution < -0.4 is 27.6 Å². The predicted octanol–water partition coefficient (Wildman–Crippen LogP) is -1.08. The normalized spacial score (nSPS) is 14.7. The number of aldehydes is 1. The number of aliphatic carboxylic acids is 1. The molecule has 2 unspecified atom stereocenters. The summed E-state index contributed by atoms with van der Waals surface area (Å²) in [5, 5.41) is 12.0. The second-order valence-corrected chi connectivity index (χ2v) is 8.52. The summed E-state index contributed by atoms with van der Waals surface area (Å²) in [5.74, 6) is -1.93. The van der Waals surface area contributed by atoms with Crippen molar-refractivity contribution in [2.24, 2.45) is 11.5 Å². The van der Waals surface area contributed by atoms with Crippen LogP contribution in [0.5, 0.6) is 0 Å². The summed E-state index contributed by atoms with van der Waals surface area (Å²) >= 11 is 8.16. The highest BCUT2D eigenvalue weighted by molar-refractivity contribution is 7.80. The van der Waals surface area contributed by atoms with Crippen LogP contribution in [-0.4, -0.2) is 89.9 Å². The van der Waals surface area contributed by atoms with Crippen molar-refractivity contribution >= 4 is 49.3 Å². The van der Waals surface area contributed by atoms with Crippen molar-refractivity contribution in [1.29, 1.82) is 0 Å². The van der Waals surface area contributed by atoms with E-state index in [0.29, 0.717) is 44.5 Å². The standard InChI is InChI=1S/C20H40N6O5S2/c1-26(17(13-33)20(30)31)19(29)16(8-11-32)23-18(28)15(7-3-5-10-22)25-24-14(12-27)6-2-4-9-21/h12,14-17,24-25,32-33H,2-11,13,21-22H2,1H3,(H,23,28)(H,30,31)/t14-,15-,16?,17?/m0/s1. The molecular weight excluding hydrogens is 468 g/mol.